The topological polar surface area (TPSA) is 67.9 Å². The van der Waals surface area contributed by atoms with Crippen LogP contribution < -0.4 is 14.8 Å². The number of carbonyl (C=O) groups excluding carboxylic acids is 2. The van der Waals surface area contributed by atoms with Crippen LogP contribution in [0, 0.1) is 0 Å². The number of imide groups is 1. The number of fused-ring (bicyclic) bond motifs is 3. The number of aryl methyl sites for hydroxylation is 1. The monoisotopic (exact) mass is 412 g/mol. The van der Waals surface area contributed by atoms with E-state index in [1.807, 2.05) is 24.3 Å². The number of nitrogens with zero attached hydrogens (tertiary/aromatic N) is 1. The zero-order valence-corrected chi connectivity index (χ0v) is 16.6. The molecule has 6 nitrogen and oxygen atoms in total. The average molecular weight is 413 g/mol. The normalized spacial score (nSPS) is 23.0. The molecular formula is C22H21ClN2O4. The highest BCUT2D eigenvalue weighted by Gasteiger charge is 2.53. The van der Waals surface area contributed by atoms with Gasteiger partial charge in [-0.1, -0.05) is 35.9 Å². The molecule has 0 bridgehead atoms. The fourth-order valence-corrected chi connectivity index (χ4v) is 4.80. The SMILES string of the molecule is O=C1N[C@@]2(CCCc3ccccc32)C(=O)N1Cc1cc(Cl)c2c(c1)OCCCO2. The third-order valence-corrected chi connectivity index (χ3v) is 6.13. The van der Waals surface area contributed by atoms with E-state index >= 15 is 0 Å². The molecule has 150 valence electrons. The summed E-state index contributed by atoms with van der Waals surface area (Å²) in [6, 6.07) is 11.0. The molecule has 3 aliphatic rings. The number of carbonyl (C=O) groups is 2. The molecule has 29 heavy (non-hydrogen) atoms. The second kappa shape index (κ2) is 6.95. The number of hydrogen-bond acceptors (Lipinski definition) is 4. The Kier molecular flexibility index (Phi) is 4.39. The van der Waals surface area contributed by atoms with Gasteiger partial charge in [-0.25, -0.2) is 4.79 Å². The van der Waals surface area contributed by atoms with Gasteiger partial charge in [-0.3, -0.25) is 9.69 Å². The lowest BCUT2D eigenvalue weighted by Gasteiger charge is -2.33. The first-order valence-corrected chi connectivity index (χ1v) is 10.3. The number of halogens is 1. The van der Waals surface area contributed by atoms with Crippen LogP contribution in [0.1, 0.15) is 36.0 Å². The zero-order chi connectivity index (χ0) is 20.0. The smallest absolute Gasteiger partial charge is 0.325 e. The van der Waals surface area contributed by atoms with Crippen molar-refractivity contribution in [3.8, 4) is 11.5 Å². The van der Waals surface area contributed by atoms with Crippen LogP contribution >= 0.6 is 11.6 Å². The van der Waals surface area contributed by atoms with E-state index in [0.717, 1.165) is 36.0 Å². The van der Waals surface area contributed by atoms with Gasteiger partial charge in [-0.05, 0) is 48.1 Å². The van der Waals surface area contributed by atoms with Crippen molar-refractivity contribution in [1.29, 1.82) is 0 Å². The van der Waals surface area contributed by atoms with Gasteiger partial charge < -0.3 is 14.8 Å². The van der Waals surface area contributed by atoms with Crippen LogP contribution in [0.2, 0.25) is 5.02 Å². The van der Waals surface area contributed by atoms with Crippen LogP contribution in [0.5, 0.6) is 11.5 Å². The summed E-state index contributed by atoms with van der Waals surface area (Å²) < 4.78 is 11.4. The number of rotatable bonds is 2. The number of ether oxygens (including phenoxy) is 2. The Morgan fingerprint density at radius 2 is 1.93 bits per heavy atom. The summed E-state index contributed by atoms with van der Waals surface area (Å²) in [6.45, 7) is 1.21. The molecule has 2 heterocycles. The fourth-order valence-electron chi connectivity index (χ4n) is 4.51. The third-order valence-electron chi connectivity index (χ3n) is 5.85. The Morgan fingerprint density at radius 1 is 1.10 bits per heavy atom. The van der Waals surface area contributed by atoms with Crippen LogP contribution in [0.3, 0.4) is 0 Å². The van der Waals surface area contributed by atoms with E-state index in [0.29, 0.717) is 36.2 Å². The number of nitrogens with one attached hydrogen (secondary N) is 1. The van der Waals surface area contributed by atoms with Crippen LogP contribution in [-0.2, 0) is 23.3 Å². The molecule has 1 aliphatic carbocycles. The molecule has 1 fully saturated rings. The summed E-state index contributed by atoms with van der Waals surface area (Å²) in [5.41, 5.74) is 1.78. The quantitative estimate of drug-likeness (QED) is 0.762. The first-order valence-electron chi connectivity index (χ1n) is 9.89. The van der Waals surface area contributed by atoms with Gasteiger partial charge in [0.05, 0.1) is 24.8 Å². The number of amides is 3. The van der Waals surface area contributed by atoms with Gasteiger partial charge in [-0.2, -0.15) is 0 Å². The molecule has 0 unspecified atom stereocenters. The summed E-state index contributed by atoms with van der Waals surface area (Å²) >= 11 is 6.38. The summed E-state index contributed by atoms with van der Waals surface area (Å²) in [5, 5.41) is 3.40. The second-order valence-electron chi connectivity index (χ2n) is 7.69. The largest absolute Gasteiger partial charge is 0.489 e. The van der Waals surface area contributed by atoms with Gasteiger partial charge in [-0.15, -0.1) is 0 Å². The van der Waals surface area contributed by atoms with Gasteiger partial charge in [0.15, 0.2) is 11.5 Å². The van der Waals surface area contributed by atoms with E-state index in [4.69, 9.17) is 21.1 Å². The molecule has 0 aromatic heterocycles. The minimum atomic E-state index is -0.971. The van der Waals surface area contributed by atoms with Crippen molar-refractivity contribution in [1.82, 2.24) is 10.2 Å². The van der Waals surface area contributed by atoms with E-state index < -0.39 is 5.54 Å². The Bertz CT molecular complexity index is 1010. The molecular weight excluding hydrogens is 392 g/mol. The van der Waals surface area contributed by atoms with Crippen molar-refractivity contribution >= 4 is 23.5 Å². The van der Waals surface area contributed by atoms with Crippen LogP contribution in [-0.4, -0.2) is 30.1 Å². The lowest BCUT2D eigenvalue weighted by Crippen LogP contribution is -2.46. The van der Waals surface area contributed by atoms with Crippen LogP contribution in [0.4, 0.5) is 4.79 Å². The van der Waals surface area contributed by atoms with Crippen molar-refractivity contribution in [3.63, 3.8) is 0 Å². The molecule has 1 spiro atoms. The molecule has 0 radical (unpaired) electrons. The van der Waals surface area contributed by atoms with E-state index in [1.54, 1.807) is 12.1 Å². The van der Waals surface area contributed by atoms with E-state index in [1.165, 1.54) is 4.90 Å². The van der Waals surface area contributed by atoms with Gasteiger partial charge in [0, 0.05) is 6.42 Å². The molecule has 0 saturated carbocycles. The van der Waals surface area contributed by atoms with Crippen LogP contribution in [0.25, 0.3) is 0 Å². The lowest BCUT2D eigenvalue weighted by atomic mass is 9.76. The van der Waals surface area contributed by atoms with Gasteiger partial charge in [0.1, 0.15) is 5.54 Å². The molecule has 5 rings (SSSR count). The molecule has 2 aliphatic heterocycles. The lowest BCUT2D eigenvalue weighted by molar-refractivity contribution is -0.132. The Morgan fingerprint density at radius 3 is 2.83 bits per heavy atom. The van der Waals surface area contributed by atoms with Crippen molar-refractivity contribution in [2.45, 2.75) is 37.8 Å². The summed E-state index contributed by atoms with van der Waals surface area (Å²) in [5.74, 6) is 0.857. The third kappa shape index (κ3) is 2.94. The summed E-state index contributed by atoms with van der Waals surface area (Å²) in [4.78, 5) is 27.5. The van der Waals surface area contributed by atoms with Gasteiger partial charge in [0.25, 0.3) is 5.91 Å². The summed E-state index contributed by atoms with van der Waals surface area (Å²) in [6.07, 6.45) is 3.15. The molecule has 2 aromatic carbocycles. The first-order chi connectivity index (χ1) is 14.1. The highest BCUT2D eigenvalue weighted by atomic mass is 35.5. The average Bonchev–Trinajstić information content (AvgIpc) is 2.89. The fraction of sp³-hybridized carbons (Fsp3) is 0.364. The second-order valence-corrected chi connectivity index (χ2v) is 8.10. The highest BCUT2D eigenvalue weighted by Crippen LogP contribution is 2.42. The maximum absolute atomic E-state index is 13.4. The Hall–Kier alpha value is -2.73. The van der Waals surface area contributed by atoms with E-state index in [2.05, 4.69) is 5.32 Å². The minimum Gasteiger partial charge on any atom is -0.489 e. The molecule has 2 aromatic rings. The Balaban J connectivity index is 1.47. The minimum absolute atomic E-state index is 0.130. The summed E-state index contributed by atoms with van der Waals surface area (Å²) in [7, 11) is 0. The predicted octanol–water partition coefficient (Wildman–Crippen LogP) is 3.78. The van der Waals surface area contributed by atoms with Crippen molar-refractivity contribution in [3.05, 3.63) is 58.1 Å². The van der Waals surface area contributed by atoms with Gasteiger partial charge >= 0.3 is 6.03 Å². The molecule has 1 N–H and O–H groups in total. The van der Waals surface area contributed by atoms with E-state index in [9.17, 15) is 9.59 Å². The molecule has 7 heteroatoms. The maximum Gasteiger partial charge on any atom is 0.325 e. The molecule has 3 amide bonds. The Labute approximate surface area is 173 Å². The van der Waals surface area contributed by atoms with Crippen LogP contribution in [0.15, 0.2) is 36.4 Å². The first kappa shape index (κ1) is 18.3. The van der Waals surface area contributed by atoms with Gasteiger partial charge in [0.2, 0.25) is 0 Å². The number of hydrogen-bond donors (Lipinski definition) is 1. The standard InChI is InChI=1S/C22H21ClN2O4/c23-17-11-14(12-18-19(17)29-10-4-9-28-18)13-25-20(26)22(24-21(25)27)8-3-6-15-5-1-2-7-16(15)22/h1-2,5,7,11-12H,3-4,6,8-10,13H2,(H,24,27)/t22-/m1/s1. The molecule has 1 saturated heterocycles. The van der Waals surface area contributed by atoms with Crippen molar-refractivity contribution < 1.29 is 19.1 Å². The predicted molar refractivity (Wildman–Crippen MR) is 107 cm³/mol. The van der Waals surface area contributed by atoms with Crippen molar-refractivity contribution in [2.75, 3.05) is 13.2 Å². The molecule has 1 atom stereocenters. The number of benzene rings is 2. The number of urea groups is 1. The van der Waals surface area contributed by atoms with E-state index in [-0.39, 0.29) is 18.5 Å². The highest BCUT2D eigenvalue weighted by molar-refractivity contribution is 6.32. The van der Waals surface area contributed by atoms with Crippen molar-refractivity contribution in [2.24, 2.45) is 0 Å². The maximum atomic E-state index is 13.4. The zero-order valence-electron chi connectivity index (χ0n) is 15.9.